The highest BCUT2D eigenvalue weighted by atomic mass is 19.4. The van der Waals surface area contributed by atoms with E-state index in [-0.39, 0.29) is 23.6 Å². The maximum atomic E-state index is 13.2. The average molecular weight is 388 g/mol. The minimum absolute atomic E-state index is 0.0868. The number of aromatic nitrogens is 4. The van der Waals surface area contributed by atoms with Crippen LogP contribution in [0.5, 0.6) is 0 Å². The fourth-order valence-electron chi connectivity index (χ4n) is 4.04. The number of allylic oxidation sites excluding steroid dienone is 1. The molecular weight excluding hydrogens is 369 g/mol. The molecule has 1 saturated carbocycles. The van der Waals surface area contributed by atoms with Crippen molar-refractivity contribution in [3.05, 3.63) is 40.5 Å². The second-order valence-electron chi connectivity index (χ2n) is 7.55. The molecule has 0 spiro atoms. The first kappa shape index (κ1) is 17.4. The molecular formula is C19H19F3N6. The second-order valence-corrected chi connectivity index (χ2v) is 7.55. The molecule has 2 aliphatic carbocycles. The maximum absolute atomic E-state index is 13.2. The predicted octanol–water partition coefficient (Wildman–Crippen LogP) is 4.34. The van der Waals surface area contributed by atoms with Gasteiger partial charge in [0.2, 0.25) is 5.95 Å². The van der Waals surface area contributed by atoms with Crippen molar-refractivity contribution in [2.24, 2.45) is 4.99 Å². The Morgan fingerprint density at radius 3 is 2.75 bits per heavy atom. The minimum atomic E-state index is -4.44. The molecule has 6 nitrogen and oxygen atoms in total. The average Bonchev–Trinajstić information content (AvgIpc) is 3.11. The van der Waals surface area contributed by atoms with Gasteiger partial charge in [0.1, 0.15) is 0 Å². The number of alkyl halides is 3. The third-order valence-corrected chi connectivity index (χ3v) is 5.68. The Labute approximate surface area is 159 Å². The van der Waals surface area contributed by atoms with Crippen LogP contribution in [0.25, 0.3) is 0 Å². The number of nitrogens with one attached hydrogen (secondary N) is 1. The van der Waals surface area contributed by atoms with Crippen molar-refractivity contribution in [2.75, 3.05) is 11.9 Å². The smallest absolute Gasteiger partial charge is 0.321 e. The largest absolute Gasteiger partial charge is 0.419 e. The third kappa shape index (κ3) is 2.89. The maximum Gasteiger partial charge on any atom is 0.419 e. The normalized spacial score (nSPS) is 21.5. The van der Waals surface area contributed by atoms with E-state index in [4.69, 9.17) is 0 Å². The van der Waals surface area contributed by atoms with Crippen LogP contribution in [0.2, 0.25) is 0 Å². The SMILES string of the molecule is Cc1c(Nc2ncc(C(F)(F)F)c(C3CC3)n2)cnn1[C@H]1CCC2=C1CN=C2. The summed E-state index contributed by atoms with van der Waals surface area (Å²) in [6.07, 6.45) is 3.53. The van der Waals surface area contributed by atoms with Gasteiger partial charge in [0.15, 0.2) is 0 Å². The Hall–Kier alpha value is -2.71. The lowest BCUT2D eigenvalue weighted by Crippen LogP contribution is -2.14. The summed E-state index contributed by atoms with van der Waals surface area (Å²) in [6, 6.07) is 0.184. The lowest BCUT2D eigenvalue weighted by molar-refractivity contribution is -0.138. The van der Waals surface area contributed by atoms with Crippen LogP contribution in [-0.4, -0.2) is 32.5 Å². The van der Waals surface area contributed by atoms with Gasteiger partial charge in [-0.25, -0.2) is 9.97 Å². The number of hydrogen-bond acceptors (Lipinski definition) is 5. The van der Waals surface area contributed by atoms with Gasteiger partial charge < -0.3 is 5.32 Å². The lowest BCUT2D eigenvalue weighted by atomic mass is 10.1. The van der Waals surface area contributed by atoms with Crippen molar-refractivity contribution in [3.8, 4) is 0 Å². The van der Waals surface area contributed by atoms with Gasteiger partial charge in [0.05, 0.1) is 41.4 Å². The zero-order valence-electron chi connectivity index (χ0n) is 15.3. The summed E-state index contributed by atoms with van der Waals surface area (Å²) in [5.74, 6) is 0.0447. The van der Waals surface area contributed by atoms with E-state index >= 15 is 0 Å². The first-order valence-electron chi connectivity index (χ1n) is 9.39. The molecule has 1 atom stereocenters. The number of nitrogens with zero attached hydrogens (tertiary/aromatic N) is 5. The molecule has 1 N–H and O–H groups in total. The predicted molar refractivity (Wildman–Crippen MR) is 97.9 cm³/mol. The van der Waals surface area contributed by atoms with Gasteiger partial charge in [0, 0.05) is 18.3 Å². The zero-order chi connectivity index (χ0) is 19.5. The van der Waals surface area contributed by atoms with E-state index in [0.717, 1.165) is 44.1 Å². The molecule has 3 heterocycles. The van der Waals surface area contributed by atoms with Gasteiger partial charge in [-0.2, -0.15) is 18.3 Å². The highest BCUT2D eigenvalue weighted by molar-refractivity contribution is 5.83. The number of rotatable bonds is 4. The standard InChI is InChI=1S/C19H19F3N6/c1-10-15(9-25-28(10)16-5-4-12-6-23-7-13(12)16)26-18-24-8-14(19(20,21)22)17(27-18)11-2-3-11/h6,8-9,11,16H,2-5,7H2,1H3,(H,24,26,27)/t16-/m0/s1. The van der Waals surface area contributed by atoms with Crippen molar-refractivity contribution in [1.82, 2.24) is 19.7 Å². The van der Waals surface area contributed by atoms with E-state index in [0.29, 0.717) is 5.69 Å². The molecule has 1 fully saturated rings. The quantitative estimate of drug-likeness (QED) is 0.846. The van der Waals surface area contributed by atoms with E-state index in [1.165, 1.54) is 11.1 Å². The Morgan fingerprint density at radius 2 is 2.00 bits per heavy atom. The molecule has 2 aromatic rings. The summed E-state index contributed by atoms with van der Waals surface area (Å²) in [4.78, 5) is 12.4. The lowest BCUT2D eigenvalue weighted by Gasteiger charge is -2.16. The molecule has 9 heteroatoms. The third-order valence-electron chi connectivity index (χ3n) is 5.68. The van der Waals surface area contributed by atoms with Crippen LogP contribution in [0.3, 0.4) is 0 Å². The number of hydrogen-bond donors (Lipinski definition) is 1. The summed E-state index contributed by atoms with van der Waals surface area (Å²) in [6.45, 7) is 2.66. The Kier molecular flexibility index (Phi) is 3.82. The Morgan fingerprint density at radius 1 is 1.18 bits per heavy atom. The summed E-state index contributed by atoms with van der Waals surface area (Å²) < 4.78 is 41.6. The van der Waals surface area contributed by atoms with Gasteiger partial charge >= 0.3 is 6.18 Å². The zero-order valence-corrected chi connectivity index (χ0v) is 15.3. The number of halogens is 3. The highest BCUT2D eigenvalue weighted by Gasteiger charge is 2.40. The van der Waals surface area contributed by atoms with Crippen LogP contribution in [-0.2, 0) is 6.18 Å². The van der Waals surface area contributed by atoms with Crippen LogP contribution < -0.4 is 5.32 Å². The summed E-state index contributed by atoms with van der Waals surface area (Å²) in [5, 5.41) is 7.57. The fourth-order valence-corrected chi connectivity index (χ4v) is 4.04. The molecule has 0 aromatic carbocycles. The van der Waals surface area contributed by atoms with Gasteiger partial charge in [-0.05, 0) is 43.8 Å². The van der Waals surface area contributed by atoms with E-state index in [1.54, 1.807) is 6.20 Å². The van der Waals surface area contributed by atoms with Gasteiger partial charge in [0.25, 0.3) is 0 Å². The molecule has 5 rings (SSSR count). The number of anilines is 2. The molecule has 0 radical (unpaired) electrons. The Balaban J connectivity index is 1.42. The second kappa shape index (κ2) is 6.15. The first-order chi connectivity index (χ1) is 13.4. The topological polar surface area (TPSA) is 68.0 Å². The van der Waals surface area contributed by atoms with Crippen LogP contribution in [0.15, 0.2) is 28.5 Å². The monoisotopic (exact) mass is 388 g/mol. The van der Waals surface area contributed by atoms with Crippen molar-refractivity contribution >= 4 is 17.9 Å². The fraction of sp³-hybridized carbons (Fsp3) is 0.474. The van der Waals surface area contributed by atoms with Crippen LogP contribution in [0.1, 0.15) is 54.6 Å². The molecule has 3 aliphatic rings. The summed E-state index contributed by atoms with van der Waals surface area (Å²) >= 11 is 0. The van der Waals surface area contributed by atoms with Crippen molar-refractivity contribution < 1.29 is 13.2 Å². The van der Waals surface area contributed by atoms with Crippen LogP contribution in [0.4, 0.5) is 24.8 Å². The van der Waals surface area contributed by atoms with E-state index < -0.39 is 11.7 Å². The van der Waals surface area contributed by atoms with Crippen LogP contribution >= 0.6 is 0 Å². The molecule has 0 amide bonds. The summed E-state index contributed by atoms with van der Waals surface area (Å²) in [5.41, 5.74) is 3.56. The molecule has 28 heavy (non-hydrogen) atoms. The first-order valence-corrected chi connectivity index (χ1v) is 9.39. The minimum Gasteiger partial charge on any atom is -0.321 e. The highest BCUT2D eigenvalue weighted by Crippen LogP contribution is 2.45. The molecule has 2 aromatic heterocycles. The molecule has 146 valence electrons. The Bertz CT molecular complexity index is 1000. The van der Waals surface area contributed by atoms with E-state index in [9.17, 15) is 13.2 Å². The molecule has 0 bridgehead atoms. The molecule has 0 saturated heterocycles. The van der Waals surface area contributed by atoms with Gasteiger partial charge in [-0.15, -0.1) is 0 Å². The molecule has 0 unspecified atom stereocenters. The van der Waals surface area contributed by atoms with E-state index in [2.05, 4.69) is 25.4 Å². The van der Waals surface area contributed by atoms with E-state index in [1.807, 2.05) is 17.8 Å². The summed E-state index contributed by atoms with van der Waals surface area (Å²) in [7, 11) is 0. The molecule has 1 aliphatic heterocycles. The van der Waals surface area contributed by atoms with Crippen molar-refractivity contribution in [2.45, 2.75) is 50.7 Å². The van der Waals surface area contributed by atoms with Crippen molar-refractivity contribution in [1.29, 1.82) is 0 Å². The number of aliphatic imine (C=N–C) groups is 1. The van der Waals surface area contributed by atoms with Gasteiger partial charge in [-0.1, -0.05) is 0 Å². The van der Waals surface area contributed by atoms with Crippen molar-refractivity contribution in [3.63, 3.8) is 0 Å². The van der Waals surface area contributed by atoms with Crippen LogP contribution in [0, 0.1) is 6.92 Å². The van der Waals surface area contributed by atoms with Gasteiger partial charge in [-0.3, -0.25) is 9.67 Å².